The molecule has 2 heterocycles. The van der Waals surface area contributed by atoms with Crippen molar-refractivity contribution in [3.8, 4) is 0 Å². The van der Waals surface area contributed by atoms with Crippen molar-refractivity contribution in [3.05, 3.63) is 33.1 Å². The van der Waals surface area contributed by atoms with Crippen molar-refractivity contribution in [1.29, 1.82) is 0 Å². The average Bonchev–Trinajstić information content (AvgIpc) is 2.87. The highest BCUT2D eigenvalue weighted by Gasteiger charge is 2.62. The fourth-order valence-electron chi connectivity index (χ4n) is 2.88. The van der Waals surface area contributed by atoms with E-state index in [2.05, 4.69) is 18.5 Å². The molecule has 14 nitrogen and oxygen atoms in total. The van der Waals surface area contributed by atoms with Crippen LogP contribution in [0.1, 0.15) is 27.0 Å². The number of hydrogen-bond donors (Lipinski definition) is 4. The second kappa shape index (κ2) is 9.79. The Labute approximate surface area is 180 Å². The summed E-state index contributed by atoms with van der Waals surface area (Å²) in [6, 6.07) is 0.930. The van der Waals surface area contributed by atoms with Crippen LogP contribution in [0.25, 0.3) is 0 Å². The highest BCUT2D eigenvalue weighted by Crippen LogP contribution is 2.49. The normalized spacial score (nSPS) is 29.6. The molecule has 1 aliphatic rings. The Kier molecular flexibility index (Phi) is 7.99. The van der Waals surface area contributed by atoms with Gasteiger partial charge in [-0.2, -0.15) is 0 Å². The van der Waals surface area contributed by atoms with Crippen molar-refractivity contribution in [3.63, 3.8) is 0 Å². The number of aromatic amines is 1. The Morgan fingerprint density at radius 3 is 2.62 bits per heavy atom. The van der Waals surface area contributed by atoms with Gasteiger partial charge in [-0.1, -0.05) is 0 Å². The Morgan fingerprint density at radius 2 is 2.06 bits per heavy atom. The lowest BCUT2D eigenvalue weighted by Crippen LogP contribution is -2.53. The molecule has 1 fully saturated rings. The zero-order chi connectivity index (χ0) is 24.3. The van der Waals surface area contributed by atoms with E-state index in [-0.39, 0.29) is 0 Å². The number of rotatable bonds is 9. The molecule has 32 heavy (non-hydrogen) atoms. The maximum Gasteiger partial charge on any atom is 0.510 e. The molecule has 0 radical (unpaired) electrons. The third-order valence-corrected chi connectivity index (χ3v) is 5.31. The smallest absolute Gasteiger partial charge is 0.432 e. The van der Waals surface area contributed by atoms with Crippen LogP contribution >= 0.6 is 7.82 Å². The minimum atomic E-state index is -4.96. The number of carbonyl (C=O) groups is 1. The van der Waals surface area contributed by atoms with Gasteiger partial charge in [0.1, 0.15) is 18.4 Å². The van der Waals surface area contributed by atoms with Gasteiger partial charge in [0.2, 0.25) is 6.79 Å². The Bertz CT molecular complexity index is 978. The summed E-state index contributed by atoms with van der Waals surface area (Å²) in [6.45, 7) is 0.429. The first-order chi connectivity index (χ1) is 14.7. The minimum absolute atomic E-state index is 0.513. The number of nitrogens with zero attached hydrogens (tertiary/aromatic N) is 1. The molecule has 2 rings (SSSR count). The maximum absolute atomic E-state index is 13.9. The van der Waals surface area contributed by atoms with Gasteiger partial charge >= 0.3 is 19.7 Å². The number of ether oxygens (including phenoxy) is 3. The summed E-state index contributed by atoms with van der Waals surface area (Å²) in [6.07, 6.45) is -4.49. The molecule has 182 valence electrons. The SMILES string of the molecule is CC(C)OC(=O)OCOP(=O)(O)OCC1(CF)OC(n2ccc(=O)[nH]c2=O)C(C)(O)C1O. The van der Waals surface area contributed by atoms with E-state index in [1.165, 1.54) is 13.8 Å². The van der Waals surface area contributed by atoms with E-state index in [9.17, 15) is 38.4 Å². The third kappa shape index (κ3) is 5.81. The number of phosphoric ester groups is 1. The quantitative estimate of drug-likeness (QED) is 0.199. The van der Waals surface area contributed by atoms with E-state index in [0.29, 0.717) is 4.57 Å². The number of aromatic nitrogens is 2. The third-order valence-electron chi connectivity index (χ3n) is 4.42. The molecule has 0 amide bonds. The molecule has 1 aromatic heterocycles. The van der Waals surface area contributed by atoms with E-state index in [1.54, 1.807) is 0 Å². The summed E-state index contributed by atoms with van der Waals surface area (Å²) in [5, 5.41) is 21.2. The van der Waals surface area contributed by atoms with Crippen LogP contribution in [-0.4, -0.2) is 74.3 Å². The summed E-state index contributed by atoms with van der Waals surface area (Å²) in [5.41, 5.74) is -6.46. The second-order valence-electron chi connectivity index (χ2n) is 7.36. The number of carbonyl (C=O) groups excluding carboxylic acids is 1. The molecular formula is C16H24FN2O12P. The lowest BCUT2D eigenvalue weighted by Gasteiger charge is -2.30. The van der Waals surface area contributed by atoms with Crippen molar-refractivity contribution in [2.75, 3.05) is 20.1 Å². The number of halogens is 1. The van der Waals surface area contributed by atoms with Gasteiger partial charge in [-0.15, -0.1) is 0 Å². The number of nitrogens with one attached hydrogen (secondary N) is 1. The van der Waals surface area contributed by atoms with Crippen LogP contribution in [0, 0.1) is 0 Å². The molecule has 0 spiro atoms. The van der Waals surface area contributed by atoms with Gasteiger partial charge in [-0.3, -0.25) is 18.9 Å². The lowest BCUT2D eigenvalue weighted by molar-refractivity contribution is -0.139. The highest BCUT2D eigenvalue weighted by molar-refractivity contribution is 7.47. The monoisotopic (exact) mass is 486 g/mol. The summed E-state index contributed by atoms with van der Waals surface area (Å²) >= 11 is 0. The Hall–Kier alpha value is -2.13. The molecule has 0 aliphatic carbocycles. The molecule has 5 unspecified atom stereocenters. The van der Waals surface area contributed by atoms with E-state index < -0.39 is 74.9 Å². The largest absolute Gasteiger partial charge is 0.510 e. The first-order valence-corrected chi connectivity index (χ1v) is 10.6. The van der Waals surface area contributed by atoms with Crippen LogP contribution in [0.3, 0.4) is 0 Å². The average molecular weight is 486 g/mol. The first kappa shape index (κ1) is 26.1. The standard InChI is InChI=1S/C16H24FN2O12P/c1-9(2)30-14(23)27-8-29-32(25,26)28-7-16(6-17)11(21)15(3,24)12(31-16)19-5-4-10(20)18-13(19)22/h4-5,9,11-12,21,24H,6-8H2,1-3H3,(H,25,26)(H,18,20,22). The van der Waals surface area contributed by atoms with Crippen LogP contribution in [0.15, 0.2) is 21.9 Å². The number of aliphatic hydroxyl groups is 2. The molecule has 5 atom stereocenters. The van der Waals surface area contributed by atoms with Crippen molar-refractivity contribution in [2.45, 2.75) is 50.4 Å². The molecular weight excluding hydrogens is 462 g/mol. The molecule has 0 aromatic carbocycles. The van der Waals surface area contributed by atoms with Crippen LogP contribution in [0.2, 0.25) is 0 Å². The van der Waals surface area contributed by atoms with Crippen LogP contribution in [0.4, 0.5) is 9.18 Å². The zero-order valence-electron chi connectivity index (χ0n) is 17.3. The van der Waals surface area contributed by atoms with E-state index in [1.807, 2.05) is 4.98 Å². The molecule has 16 heteroatoms. The molecule has 1 saturated heterocycles. The lowest BCUT2D eigenvalue weighted by atomic mass is 9.88. The van der Waals surface area contributed by atoms with E-state index in [0.717, 1.165) is 19.2 Å². The van der Waals surface area contributed by atoms with Crippen LogP contribution in [0.5, 0.6) is 0 Å². The summed E-state index contributed by atoms with van der Waals surface area (Å²) in [5.74, 6) is 0. The number of phosphoric acid groups is 1. The number of hydrogen-bond acceptors (Lipinski definition) is 11. The summed E-state index contributed by atoms with van der Waals surface area (Å²) < 4.78 is 50.1. The first-order valence-electron chi connectivity index (χ1n) is 9.15. The van der Waals surface area contributed by atoms with Gasteiger partial charge in [-0.05, 0) is 20.8 Å². The number of aliphatic hydroxyl groups excluding tert-OH is 1. The second-order valence-corrected chi connectivity index (χ2v) is 8.82. The fourth-order valence-corrected chi connectivity index (χ4v) is 3.52. The van der Waals surface area contributed by atoms with E-state index >= 15 is 0 Å². The van der Waals surface area contributed by atoms with Gasteiger partial charge in [0.15, 0.2) is 11.8 Å². The number of H-pyrrole nitrogens is 1. The highest BCUT2D eigenvalue weighted by atomic mass is 31.2. The van der Waals surface area contributed by atoms with Crippen LogP contribution < -0.4 is 11.2 Å². The van der Waals surface area contributed by atoms with Gasteiger partial charge in [0.25, 0.3) is 5.56 Å². The van der Waals surface area contributed by atoms with Crippen molar-refractivity contribution >= 4 is 14.0 Å². The summed E-state index contributed by atoms with van der Waals surface area (Å²) in [7, 11) is -4.96. The fraction of sp³-hybridized carbons (Fsp3) is 0.688. The van der Waals surface area contributed by atoms with Crippen molar-refractivity contribution in [2.24, 2.45) is 0 Å². The predicted molar refractivity (Wildman–Crippen MR) is 101 cm³/mol. The predicted octanol–water partition coefficient (Wildman–Crippen LogP) is -0.462. The molecule has 1 aliphatic heterocycles. The van der Waals surface area contributed by atoms with Crippen molar-refractivity contribution in [1.82, 2.24) is 9.55 Å². The topological polar surface area (TPSA) is 196 Å². The van der Waals surface area contributed by atoms with Crippen LogP contribution in [-0.2, 0) is 27.8 Å². The maximum atomic E-state index is 13.9. The number of alkyl halides is 1. The zero-order valence-corrected chi connectivity index (χ0v) is 18.2. The molecule has 0 saturated carbocycles. The minimum Gasteiger partial charge on any atom is -0.432 e. The summed E-state index contributed by atoms with van der Waals surface area (Å²) in [4.78, 5) is 46.1. The van der Waals surface area contributed by atoms with Gasteiger partial charge < -0.3 is 29.3 Å². The van der Waals surface area contributed by atoms with Gasteiger partial charge in [0.05, 0.1) is 12.7 Å². The molecule has 4 N–H and O–H groups in total. The van der Waals surface area contributed by atoms with Gasteiger partial charge in [0, 0.05) is 12.3 Å². The molecule has 1 aromatic rings. The van der Waals surface area contributed by atoms with Gasteiger partial charge in [-0.25, -0.2) is 23.1 Å². The Balaban J connectivity index is 2.12. The molecule has 0 bridgehead atoms. The van der Waals surface area contributed by atoms with E-state index in [4.69, 9.17) is 4.74 Å². The van der Waals surface area contributed by atoms with Crippen molar-refractivity contribution < 1.29 is 52.1 Å². The Morgan fingerprint density at radius 1 is 1.41 bits per heavy atom.